The van der Waals surface area contributed by atoms with Crippen LogP contribution in [0.2, 0.25) is 0 Å². The topological polar surface area (TPSA) is 112 Å². The number of methoxy groups -OCH3 is 3. The van der Waals surface area contributed by atoms with Gasteiger partial charge in [0, 0.05) is 12.3 Å². The molecule has 3 rings (SSSR count). The molecule has 1 aromatic carbocycles. The minimum absolute atomic E-state index is 0.104. The van der Waals surface area contributed by atoms with Crippen LogP contribution >= 0.6 is 11.3 Å². The van der Waals surface area contributed by atoms with Crippen LogP contribution in [0, 0.1) is 0 Å². The summed E-state index contributed by atoms with van der Waals surface area (Å²) in [6.45, 7) is 1.75. The highest BCUT2D eigenvalue weighted by Crippen LogP contribution is 2.38. The number of amides is 2. The molecule has 0 atom stereocenters. The summed E-state index contributed by atoms with van der Waals surface area (Å²) in [7, 11) is 4.57. The van der Waals surface area contributed by atoms with Gasteiger partial charge >= 0.3 is 0 Å². The maximum absolute atomic E-state index is 12.5. The zero-order valence-corrected chi connectivity index (χ0v) is 18.4. The molecule has 2 heterocycles. The first kappa shape index (κ1) is 22.2. The van der Waals surface area contributed by atoms with Crippen LogP contribution in [0.25, 0.3) is 11.5 Å². The number of rotatable bonds is 9. The molecule has 2 aromatic heterocycles. The third-order valence-corrected chi connectivity index (χ3v) is 5.02. The molecule has 2 N–H and O–H groups in total. The number of ether oxygens (including phenoxy) is 3. The quantitative estimate of drug-likeness (QED) is 0.520. The van der Waals surface area contributed by atoms with E-state index >= 15 is 0 Å². The van der Waals surface area contributed by atoms with E-state index in [1.807, 2.05) is 0 Å². The molecule has 0 aliphatic rings. The van der Waals surface area contributed by atoms with Crippen LogP contribution in [0.3, 0.4) is 0 Å². The van der Waals surface area contributed by atoms with E-state index in [9.17, 15) is 9.59 Å². The summed E-state index contributed by atoms with van der Waals surface area (Å²) in [5.41, 5.74) is 1.31. The van der Waals surface area contributed by atoms with E-state index in [-0.39, 0.29) is 18.2 Å². The second kappa shape index (κ2) is 9.98. The molecular weight excluding hydrogens is 422 g/mol. The van der Waals surface area contributed by atoms with Crippen LogP contribution in [0.1, 0.15) is 18.2 Å². The number of benzene rings is 1. The predicted octanol–water partition coefficient (Wildman–Crippen LogP) is 3.25. The molecule has 0 saturated carbocycles. The Kier molecular flexibility index (Phi) is 7.14. The molecule has 0 radical (unpaired) electrons. The van der Waals surface area contributed by atoms with Gasteiger partial charge in [-0.3, -0.25) is 9.59 Å². The Labute approximate surface area is 183 Å². The normalized spacial score (nSPS) is 10.5. The summed E-state index contributed by atoms with van der Waals surface area (Å²) in [5, 5.41) is 7.70. The van der Waals surface area contributed by atoms with Crippen molar-refractivity contribution in [1.82, 2.24) is 10.3 Å². The van der Waals surface area contributed by atoms with Crippen molar-refractivity contribution in [3.8, 4) is 28.7 Å². The lowest BCUT2D eigenvalue weighted by atomic mass is 10.1. The van der Waals surface area contributed by atoms with Crippen LogP contribution in [-0.4, -0.2) is 38.1 Å². The van der Waals surface area contributed by atoms with Crippen molar-refractivity contribution in [3.05, 3.63) is 41.0 Å². The fraction of sp³-hybridized carbons (Fsp3) is 0.286. The second-order valence-corrected chi connectivity index (χ2v) is 7.33. The van der Waals surface area contributed by atoms with E-state index < -0.39 is 0 Å². The van der Waals surface area contributed by atoms with Gasteiger partial charge < -0.3 is 29.3 Å². The lowest BCUT2D eigenvalue weighted by molar-refractivity contribution is -0.119. The van der Waals surface area contributed by atoms with Crippen molar-refractivity contribution in [2.24, 2.45) is 0 Å². The average molecular weight is 445 g/mol. The molecule has 164 valence electrons. The number of carbonyl (C=O) groups is 2. The number of anilines is 1. The van der Waals surface area contributed by atoms with Crippen molar-refractivity contribution < 1.29 is 28.2 Å². The van der Waals surface area contributed by atoms with Gasteiger partial charge in [0.05, 0.1) is 34.3 Å². The van der Waals surface area contributed by atoms with Gasteiger partial charge in [0.15, 0.2) is 22.4 Å². The first-order valence-corrected chi connectivity index (χ1v) is 10.2. The van der Waals surface area contributed by atoms with E-state index in [1.54, 1.807) is 29.6 Å². The highest BCUT2D eigenvalue weighted by Gasteiger charge is 2.16. The second-order valence-electron chi connectivity index (χ2n) is 6.47. The van der Waals surface area contributed by atoms with Gasteiger partial charge in [0.25, 0.3) is 0 Å². The zero-order chi connectivity index (χ0) is 22.4. The summed E-state index contributed by atoms with van der Waals surface area (Å²) < 4.78 is 21.6. The smallest absolute Gasteiger partial charge is 0.230 e. The van der Waals surface area contributed by atoms with E-state index in [0.717, 1.165) is 0 Å². The number of hydrogen-bond acceptors (Lipinski definition) is 8. The Morgan fingerprint density at radius 1 is 1.10 bits per heavy atom. The highest BCUT2D eigenvalue weighted by molar-refractivity contribution is 7.14. The summed E-state index contributed by atoms with van der Waals surface area (Å²) >= 11 is 1.29. The minimum Gasteiger partial charge on any atom is -0.493 e. The monoisotopic (exact) mass is 445 g/mol. The van der Waals surface area contributed by atoms with E-state index in [2.05, 4.69) is 15.6 Å². The summed E-state index contributed by atoms with van der Waals surface area (Å²) in [5.74, 6) is 2.23. The lowest BCUT2D eigenvalue weighted by Gasteiger charge is -2.13. The molecule has 9 nitrogen and oxygen atoms in total. The number of aromatic nitrogens is 1. The maximum atomic E-state index is 12.5. The Morgan fingerprint density at radius 3 is 2.42 bits per heavy atom. The van der Waals surface area contributed by atoms with Gasteiger partial charge in [0.1, 0.15) is 11.5 Å². The van der Waals surface area contributed by atoms with Gasteiger partial charge in [-0.1, -0.05) is 0 Å². The van der Waals surface area contributed by atoms with Crippen LogP contribution in [0.4, 0.5) is 5.13 Å². The maximum Gasteiger partial charge on any atom is 0.230 e. The molecule has 2 amide bonds. The third kappa shape index (κ3) is 5.54. The molecule has 0 aliphatic heterocycles. The lowest BCUT2D eigenvalue weighted by Crippen LogP contribution is -2.18. The average Bonchev–Trinajstić information content (AvgIpc) is 3.40. The van der Waals surface area contributed by atoms with Crippen molar-refractivity contribution in [3.63, 3.8) is 0 Å². The number of nitrogens with zero attached hydrogens (tertiary/aromatic N) is 1. The third-order valence-electron chi connectivity index (χ3n) is 4.27. The predicted molar refractivity (Wildman–Crippen MR) is 116 cm³/mol. The van der Waals surface area contributed by atoms with Crippen LogP contribution in [-0.2, 0) is 22.6 Å². The van der Waals surface area contributed by atoms with Gasteiger partial charge in [-0.15, -0.1) is 11.3 Å². The molecular formula is C21H23N3O6S. The first-order valence-electron chi connectivity index (χ1n) is 9.31. The van der Waals surface area contributed by atoms with Gasteiger partial charge in [-0.05, 0) is 29.8 Å². The number of carbonyl (C=O) groups excluding carboxylic acids is 2. The number of thiazole rings is 1. The Hall–Kier alpha value is -3.53. The fourth-order valence-electron chi connectivity index (χ4n) is 2.85. The van der Waals surface area contributed by atoms with Gasteiger partial charge in [0.2, 0.25) is 17.6 Å². The highest BCUT2D eigenvalue weighted by atomic mass is 32.1. The van der Waals surface area contributed by atoms with Crippen molar-refractivity contribution in [1.29, 1.82) is 0 Å². The van der Waals surface area contributed by atoms with Gasteiger partial charge in [-0.2, -0.15) is 0 Å². The molecule has 31 heavy (non-hydrogen) atoms. The number of hydrogen-bond donors (Lipinski definition) is 2. The molecule has 0 aliphatic carbocycles. The van der Waals surface area contributed by atoms with Gasteiger partial charge in [-0.25, -0.2) is 4.98 Å². The number of furan rings is 1. The minimum atomic E-state index is -0.235. The molecule has 0 bridgehead atoms. The standard InChI is InChI=1S/C21H23N3O6S/c1-12(25)22-10-14-5-6-16(30-14)15-11-31-21(23-15)24-19(26)9-13-7-17(27-2)20(29-4)18(8-13)28-3/h5-8,11H,9-10H2,1-4H3,(H,22,25)(H,23,24,26). The molecule has 3 aromatic rings. The fourth-order valence-corrected chi connectivity index (χ4v) is 3.57. The number of nitrogens with one attached hydrogen (secondary N) is 2. The van der Waals surface area contributed by atoms with Crippen molar-refractivity contribution >= 4 is 28.3 Å². The molecule has 0 saturated heterocycles. The van der Waals surface area contributed by atoms with E-state index in [4.69, 9.17) is 18.6 Å². The summed E-state index contributed by atoms with van der Waals surface area (Å²) in [4.78, 5) is 27.9. The molecule has 10 heteroatoms. The SMILES string of the molecule is COc1cc(CC(=O)Nc2nc(-c3ccc(CNC(C)=O)o3)cs2)cc(OC)c1OC. The molecule has 0 fully saturated rings. The summed E-state index contributed by atoms with van der Waals surface area (Å²) in [6, 6.07) is 7.00. The first-order chi connectivity index (χ1) is 14.9. The Bertz CT molecular complexity index is 1050. The molecule has 0 spiro atoms. The van der Waals surface area contributed by atoms with Crippen molar-refractivity contribution in [2.45, 2.75) is 19.9 Å². The summed E-state index contributed by atoms with van der Waals surface area (Å²) in [6.07, 6.45) is 0.104. The Balaban J connectivity index is 1.66. The van der Waals surface area contributed by atoms with Crippen LogP contribution < -0.4 is 24.8 Å². The Morgan fingerprint density at radius 2 is 1.81 bits per heavy atom. The van der Waals surface area contributed by atoms with Crippen molar-refractivity contribution in [2.75, 3.05) is 26.6 Å². The largest absolute Gasteiger partial charge is 0.493 e. The molecule has 0 unspecified atom stereocenters. The van der Waals surface area contributed by atoms with Crippen LogP contribution in [0.5, 0.6) is 17.2 Å². The zero-order valence-electron chi connectivity index (χ0n) is 17.6. The van der Waals surface area contributed by atoms with E-state index in [1.165, 1.54) is 39.6 Å². The van der Waals surface area contributed by atoms with Crippen LogP contribution in [0.15, 0.2) is 34.1 Å². The van der Waals surface area contributed by atoms with E-state index in [0.29, 0.717) is 51.7 Å².